The van der Waals surface area contributed by atoms with Crippen LogP contribution >= 0.6 is 23.6 Å². The monoisotopic (exact) mass is 289 g/mol. The molecule has 1 aliphatic carbocycles. The number of nitrogens with one attached hydrogen (secondary N) is 2. The second-order valence-corrected chi connectivity index (χ2v) is 5.94. The average molecular weight is 289 g/mol. The summed E-state index contributed by atoms with van der Waals surface area (Å²) in [4.78, 5) is 4.16. The van der Waals surface area contributed by atoms with E-state index in [2.05, 4.69) is 45.9 Å². The molecule has 2 N–H and O–H groups in total. The normalized spacial score (nSPS) is 21.5. The number of anilines is 1. The molecule has 2 atom stereocenters. The van der Waals surface area contributed by atoms with Crippen molar-refractivity contribution in [2.75, 3.05) is 5.32 Å². The molecular weight excluding hydrogens is 274 g/mol. The largest absolute Gasteiger partial charge is 0.359 e. The number of thiocarbonyl (C=S) groups is 1. The van der Waals surface area contributed by atoms with Gasteiger partial charge >= 0.3 is 0 Å². The summed E-state index contributed by atoms with van der Waals surface area (Å²) in [6.07, 6.45) is 4.16. The van der Waals surface area contributed by atoms with Gasteiger partial charge in [0.1, 0.15) is 0 Å². The standard InChI is InChI=1S/C14H15N3S2/c18-13(17-14-15-8-9-19-14)16-12-7-6-11(12)10-4-2-1-3-5-10/h1-5,8-9,11-12H,6-7H2,(H2,15,16,17,18)/t11-,12-/m1/s1. The third-order valence-corrected chi connectivity index (χ3v) is 4.38. The first-order valence-corrected chi connectivity index (χ1v) is 7.63. The van der Waals surface area contributed by atoms with E-state index in [1.165, 1.54) is 18.4 Å². The van der Waals surface area contributed by atoms with Crippen LogP contribution < -0.4 is 10.6 Å². The lowest BCUT2D eigenvalue weighted by Crippen LogP contribution is -2.46. The van der Waals surface area contributed by atoms with Crippen molar-refractivity contribution in [2.24, 2.45) is 0 Å². The van der Waals surface area contributed by atoms with Crippen LogP contribution in [0.5, 0.6) is 0 Å². The van der Waals surface area contributed by atoms with E-state index in [0.717, 1.165) is 5.13 Å². The Morgan fingerprint density at radius 2 is 2.11 bits per heavy atom. The maximum absolute atomic E-state index is 5.33. The van der Waals surface area contributed by atoms with Crippen molar-refractivity contribution in [3.05, 3.63) is 47.5 Å². The summed E-state index contributed by atoms with van der Waals surface area (Å²) < 4.78 is 0. The number of thiazole rings is 1. The third-order valence-electron chi connectivity index (χ3n) is 3.47. The summed E-state index contributed by atoms with van der Waals surface area (Å²) in [6, 6.07) is 11.1. The molecule has 0 unspecified atom stereocenters. The lowest BCUT2D eigenvalue weighted by Gasteiger charge is -2.38. The maximum atomic E-state index is 5.33. The average Bonchev–Trinajstić information content (AvgIpc) is 2.89. The topological polar surface area (TPSA) is 37.0 Å². The molecule has 1 aromatic carbocycles. The van der Waals surface area contributed by atoms with Gasteiger partial charge in [-0.3, -0.25) is 0 Å². The minimum atomic E-state index is 0.433. The van der Waals surface area contributed by atoms with E-state index in [1.807, 2.05) is 5.38 Å². The van der Waals surface area contributed by atoms with Crippen LogP contribution in [0, 0.1) is 0 Å². The highest BCUT2D eigenvalue weighted by Gasteiger charge is 2.32. The predicted molar refractivity (Wildman–Crippen MR) is 83.7 cm³/mol. The van der Waals surface area contributed by atoms with Gasteiger partial charge in [-0.1, -0.05) is 30.3 Å². The molecule has 1 saturated carbocycles. The van der Waals surface area contributed by atoms with Crippen LogP contribution in [0.25, 0.3) is 0 Å². The van der Waals surface area contributed by atoms with Crippen molar-refractivity contribution in [3.63, 3.8) is 0 Å². The summed E-state index contributed by atoms with van der Waals surface area (Å²) in [5.41, 5.74) is 1.39. The van der Waals surface area contributed by atoms with E-state index in [4.69, 9.17) is 12.2 Å². The van der Waals surface area contributed by atoms with Crippen molar-refractivity contribution >= 4 is 33.8 Å². The van der Waals surface area contributed by atoms with Crippen LogP contribution in [0.3, 0.4) is 0 Å². The van der Waals surface area contributed by atoms with E-state index >= 15 is 0 Å². The quantitative estimate of drug-likeness (QED) is 0.850. The lowest BCUT2D eigenvalue weighted by atomic mass is 9.75. The summed E-state index contributed by atoms with van der Waals surface area (Å²) in [5.74, 6) is 0.567. The molecule has 3 nitrogen and oxygen atoms in total. The van der Waals surface area contributed by atoms with Gasteiger partial charge in [-0.2, -0.15) is 0 Å². The Bertz CT molecular complexity index is 539. The molecule has 0 amide bonds. The predicted octanol–water partition coefficient (Wildman–Crippen LogP) is 3.38. The molecule has 3 rings (SSSR count). The Labute approximate surface area is 122 Å². The highest BCUT2D eigenvalue weighted by Crippen LogP contribution is 2.36. The maximum Gasteiger partial charge on any atom is 0.188 e. The highest BCUT2D eigenvalue weighted by atomic mass is 32.1. The Morgan fingerprint density at radius 1 is 1.26 bits per heavy atom. The number of benzene rings is 1. The summed E-state index contributed by atoms with van der Waals surface area (Å²) in [5, 5.41) is 9.95. The van der Waals surface area contributed by atoms with Gasteiger partial charge in [0.15, 0.2) is 10.2 Å². The van der Waals surface area contributed by atoms with Crippen molar-refractivity contribution in [1.82, 2.24) is 10.3 Å². The minimum absolute atomic E-state index is 0.433. The molecule has 0 aliphatic heterocycles. The smallest absolute Gasteiger partial charge is 0.188 e. The summed E-state index contributed by atoms with van der Waals surface area (Å²) in [7, 11) is 0. The van der Waals surface area contributed by atoms with E-state index in [0.29, 0.717) is 17.1 Å². The van der Waals surface area contributed by atoms with Crippen molar-refractivity contribution in [2.45, 2.75) is 24.8 Å². The molecule has 0 spiro atoms. The van der Waals surface area contributed by atoms with Crippen LogP contribution in [-0.2, 0) is 0 Å². The molecule has 0 radical (unpaired) electrons. The van der Waals surface area contributed by atoms with Gasteiger partial charge in [0, 0.05) is 23.5 Å². The number of hydrogen-bond acceptors (Lipinski definition) is 3. The second kappa shape index (κ2) is 5.67. The van der Waals surface area contributed by atoms with Crippen molar-refractivity contribution < 1.29 is 0 Å². The first kappa shape index (κ1) is 12.6. The molecule has 1 aliphatic rings. The summed E-state index contributed by atoms with van der Waals surface area (Å²) >= 11 is 6.88. The zero-order valence-electron chi connectivity index (χ0n) is 10.4. The van der Waals surface area contributed by atoms with Crippen LogP contribution in [-0.4, -0.2) is 16.1 Å². The van der Waals surface area contributed by atoms with Gasteiger partial charge in [-0.15, -0.1) is 11.3 Å². The van der Waals surface area contributed by atoms with Gasteiger partial charge in [-0.05, 0) is 30.6 Å². The third kappa shape index (κ3) is 2.93. The van der Waals surface area contributed by atoms with E-state index < -0.39 is 0 Å². The van der Waals surface area contributed by atoms with Crippen molar-refractivity contribution in [3.8, 4) is 0 Å². The van der Waals surface area contributed by atoms with Gasteiger partial charge < -0.3 is 10.6 Å². The van der Waals surface area contributed by atoms with Gasteiger partial charge in [-0.25, -0.2) is 4.98 Å². The SMILES string of the molecule is S=C(Nc1nccs1)N[C@@H]1CC[C@@H]1c1ccccc1. The minimum Gasteiger partial charge on any atom is -0.359 e. The van der Waals surface area contributed by atoms with Gasteiger partial charge in [0.2, 0.25) is 0 Å². The number of nitrogens with zero attached hydrogens (tertiary/aromatic N) is 1. The fourth-order valence-electron chi connectivity index (χ4n) is 2.36. The zero-order valence-corrected chi connectivity index (χ0v) is 12.0. The first-order chi connectivity index (χ1) is 9.33. The summed E-state index contributed by atoms with van der Waals surface area (Å²) in [6.45, 7) is 0. The Morgan fingerprint density at radius 3 is 2.74 bits per heavy atom. The lowest BCUT2D eigenvalue weighted by molar-refractivity contribution is 0.319. The molecular formula is C14H15N3S2. The van der Waals surface area contributed by atoms with Crippen LogP contribution in [0.4, 0.5) is 5.13 Å². The molecule has 1 fully saturated rings. The van der Waals surface area contributed by atoms with Crippen LogP contribution in [0.1, 0.15) is 24.3 Å². The van der Waals surface area contributed by atoms with Crippen LogP contribution in [0.2, 0.25) is 0 Å². The number of rotatable bonds is 3. The highest BCUT2D eigenvalue weighted by molar-refractivity contribution is 7.80. The molecule has 2 aromatic rings. The molecule has 98 valence electrons. The first-order valence-electron chi connectivity index (χ1n) is 6.35. The van der Waals surface area contributed by atoms with Crippen LogP contribution in [0.15, 0.2) is 41.9 Å². The molecule has 5 heteroatoms. The van der Waals surface area contributed by atoms with E-state index in [9.17, 15) is 0 Å². The fourth-order valence-corrected chi connectivity index (χ4v) is 3.20. The Kier molecular flexibility index (Phi) is 3.75. The Hall–Kier alpha value is -1.46. The molecule has 0 saturated heterocycles. The molecule has 1 aromatic heterocycles. The second-order valence-electron chi connectivity index (χ2n) is 4.64. The zero-order chi connectivity index (χ0) is 13.1. The molecule has 0 bridgehead atoms. The fraction of sp³-hybridized carbons (Fsp3) is 0.286. The van der Waals surface area contributed by atoms with E-state index in [1.54, 1.807) is 17.5 Å². The molecule has 19 heavy (non-hydrogen) atoms. The number of aromatic nitrogens is 1. The molecule has 1 heterocycles. The van der Waals surface area contributed by atoms with E-state index in [-0.39, 0.29) is 0 Å². The van der Waals surface area contributed by atoms with Gasteiger partial charge in [0.05, 0.1) is 0 Å². The Balaban J connectivity index is 1.57. The number of hydrogen-bond donors (Lipinski definition) is 2. The van der Waals surface area contributed by atoms with Gasteiger partial charge in [0.25, 0.3) is 0 Å². The van der Waals surface area contributed by atoms with Crippen molar-refractivity contribution in [1.29, 1.82) is 0 Å².